The van der Waals surface area contributed by atoms with Crippen LogP contribution in [0.5, 0.6) is 11.5 Å². The van der Waals surface area contributed by atoms with Crippen LogP contribution in [0.4, 0.5) is 49.6 Å². The molecule has 0 aliphatic rings. The molecule has 0 saturated carbocycles. The molecule has 0 aliphatic carbocycles. The molecule has 0 aromatic heterocycles. The molecule has 6 N–H and O–H groups in total. The number of hydrogen-bond acceptors (Lipinski definition) is 3. The zero-order chi connectivity index (χ0) is 22.8. The number of nitrogens with two attached hydrogens (primary N) is 3. The predicted molar refractivity (Wildman–Crippen MR) is 76.8 cm³/mol. The molecule has 1 aromatic rings. The Morgan fingerprint density at radius 1 is 0.759 bits per heavy atom. The average Bonchev–Trinajstić information content (AvgIpc) is 2.46. The quantitative estimate of drug-likeness (QED) is 0.366. The normalized spacial score (nSPS) is 13.8. The third-order valence-electron chi connectivity index (χ3n) is 2.55. The van der Waals surface area contributed by atoms with Crippen molar-refractivity contribution >= 4 is 17.6 Å². The molecule has 0 atom stereocenters. The molecule has 1 aromatic carbocycles. The summed E-state index contributed by atoms with van der Waals surface area (Å²) >= 11 is 0. The van der Waals surface area contributed by atoms with Gasteiger partial charge in [0.05, 0.1) is 0 Å². The number of benzene rings is 1. The van der Waals surface area contributed by atoms with Crippen LogP contribution in [0.3, 0.4) is 0 Å². The average molecular weight is 445 g/mol. The van der Waals surface area contributed by atoms with Crippen LogP contribution in [0.1, 0.15) is 0 Å². The summed E-state index contributed by atoms with van der Waals surface area (Å²) in [7, 11) is 0. The highest BCUT2D eigenvalue weighted by molar-refractivity contribution is 5.94. The minimum atomic E-state index is -6.21. The maximum atomic E-state index is 13.1. The van der Waals surface area contributed by atoms with Crippen LogP contribution in [0, 0.1) is 0 Å². The van der Waals surface area contributed by atoms with E-state index >= 15 is 0 Å². The molecule has 7 nitrogen and oxygen atoms in total. The van der Waals surface area contributed by atoms with E-state index in [1.807, 2.05) is 0 Å². The molecule has 0 saturated heterocycles. The van der Waals surface area contributed by atoms with E-state index in [0.29, 0.717) is 0 Å². The van der Waals surface area contributed by atoms with E-state index in [0.717, 1.165) is 0 Å². The summed E-state index contributed by atoms with van der Waals surface area (Å²) in [6.07, 6.45) is -23.9. The molecule has 0 aliphatic heterocycles. The minimum absolute atomic E-state index is 0.108. The Labute approximate surface area is 153 Å². The van der Waals surface area contributed by atoms with Crippen molar-refractivity contribution in [1.29, 1.82) is 0 Å². The molecule has 17 heteroatoms. The van der Waals surface area contributed by atoms with Gasteiger partial charge in [0, 0.05) is 6.07 Å². The summed E-state index contributed by atoms with van der Waals surface area (Å²) < 4.78 is 132. The predicted octanol–water partition coefficient (Wildman–Crippen LogP) is 2.97. The maximum Gasteiger partial charge on any atom is 0.499 e. The summed E-state index contributed by atoms with van der Waals surface area (Å²) in [5.74, 6) is -4.52. The van der Waals surface area contributed by atoms with E-state index in [-0.39, 0.29) is 18.2 Å². The first-order chi connectivity index (χ1) is 12.9. The van der Waals surface area contributed by atoms with Gasteiger partial charge in [-0.15, -0.1) is 0 Å². The molecule has 0 fully saturated rings. The maximum absolute atomic E-state index is 13.1. The Kier molecular flexibility index (Phi) is 6.35. The van der Waals surface area contributed by atoms with E-state index in [9.17, 15) is 43.9 Å². The van der Waals surface area contributed by atoms with Crippen LogP contribution < -0.4 is 26.7 Å². The van der Waals surface area contributed by atoms with E-state index in [1.165, 1.54) is 0 Å². The Morgan fingerprint density at radius 3 is 1.69 bits per heavy atom. The number of alkyl halides is 10. The van der Waals surface area contributed by atoms with Gasteiger partial charge in [-0.3, -0.25) is 0 Å². The number of rotatable bonds is 5. The fourth-order valence-electron chi connectivity index (χ4n) is 1.42. The van der Waals surface area contributed by atoms with Crippen LogP contribution in [0.2, 0.25) is 0 Å². The topological polar surface area (TPSA) is 121 Å². The van der Waals surface area contributed by atoms with Crippen LogP contribution in [-0.4, -0.2) is 36.5 Å². The van der Waals surface area contributed by atoms with Crippen LogP contribution in [-0.2, 0) is 0 Å². The highest BCUT2D eigenvalue weighted by atomic mass is 19.4. The van der Waals surface area contributed by atoms with Gasteiger partial charge in [-0.05, 0) is 12.1 Å². The van der Waals surface area contributed by atoms with Crippen molar-refractivity contribution in [3.8, 4) is 11.5 Å². The van der Waals surface area contributed by atoms with Crippen molar-refractivity contribution in [2.45, 2.75) is 24.6 Å². The Morgan fingerprint density at radius 2 is 1.24 bits per heavy atom. The van der Waals surface area contributed by atoms with Crippen molar-refractivity contribution in [3.63, 3.8) is 0 Å². The van der Waals surface area contributed by atoms with E-state index < -0.39 is 53.7 Å². The fourth-order valence-corrected chi connectivity index (χ4v) is 1.42. The first-order valence-corrected chi connectivity index (χ1v) is 6.70. The van der Waals surface area contributed by atoms with Gasteiger partial charge in [0.25, 0.3) is 0 Å². The number of nitrogens with zero attached hydrogens (tertiary/aromatic N) is 2. The Hall–Kier alpha value is -3.14. The van der Waals surface area contributed by atoms with Gasteiger partial charge in [-0.25, -0.2) is 4.99 Å². The molecule has 1 rings (SSSR count). The van der Waals surface area contributed by atoms with Crippen molar-refractivity contribution < 1.29 is 53.4 Å². The Bertz CT molecular complexity index is 799. The van der Waals surface area contributed by atoms with Crippen LogP contribution in [0.15, 0.2) is 28.2 Å². The summed E-state index contributed by atoms with van der Waals surface area (Å²) in [5, 5.41) is 0. The van der Waals surface area contributed by atoms with Gasteiger partial charge in [-0.2, -0.15) is 48.9 Å². The number of halogens is 10. The second-order valence-corrected chi connectivity index (χ2v) is 4.87. The van der Waals surface area contributed by atoms with Crippen LogP contribution in [0.25, 0.3) is 0 Å². The largest absolute Gasteiger partial charge is 0.499 e. The zero-order valence-corrected chi connectivity index (χ0v) is 13.5. The molecule has 29 heavy (non-hydrogen) atoms. The monoisotopic (exact) mass is 445 g/mol. The van der Waals surface area contributed by atoms with Gasteiger partial charge in [-0.1, -0.05) is 0 Å². The molecule has 0 heterocycles. The van der Waals surface area contributed by atoms with Crippen molar-refractivity contribution in [1.82, 2.24) is 0 Å². The standard InChI is InChI=1S/C12H9F10N5O2/c13-9(14,15)11(19,20)28-4-1-2-6(29-12(21,22)10(16,17)18)5(3-4)26-8(25)27-7(23)24/h1-3H,(H6,23,24,25,26,27). The molecule has 0 radical (unpaired) electrons. The van der Waals surface area contributed by atoms with Gasteiger partial charge in [0.1, 0.15) is 11.4 Å². The van der Waals surface area contributed by atoms with Gasteiger partial charge < -0.3 is 26.7 Å². The van der Waals surface area contributed by atoms with Gasteiger partial charge >= 0.3 is 24.6 Å². The third kappa shape index (κ3) is 6.18. The SMILES string of the molecule is NC(N)=NC(N)=Nc1cc(OC(F)(F)C(F)(F)F)ccc1OC(F)(F)C(F)(F)F. The summed E-state index contributed by atoms with van der Waals surface area (Å²) in [4.78, 5) is 6.20. The van der Waals surface area contributed by atoms with Gasteiger partial charge in [0.15, 0.2) is 11.7 Å². The lowest BCUT2D eigenvalue weighted by atomic mass is 10.2. The van der Waals surface area contributed by atoms with Crippen molar-refractivity contribution in [3.05, 3.63) is 18.2 Å². The van der Waals surface area contributed by atoms with E-state index in [1.54, 1.807) is 0 Å². The summed E-state index contributed by atoms with van der Waals surface area (Å²) in [5.41, 5.74) is 13.8. The highest BCUT2D eigenvalue weighted by Gasteiger charge is 2.62. The lowest BCUT2D eigenvalue weighted by Gasteiger charge is -2.22. The molecule has 0 bridgehead atoms. The second-order valence-electron chi connectivity index (χ2n) is 4.87. The van der Waals surface area contributed by atoms with Gasteiger partial charge in [0.2, 0.25) is 5.96 Å². The zero-order valence-electron chi connectivity index (χ0n) is 13.5. The number of ether oxygens (including phenoxy) is 2. The van der Waals surface area contributed by atoms with E-state index in [2.05, 4.69) is 19.5 Å². The summed E-state index contributed by atoms with van der Waals surface area (Å²) in [6.45, 7) is 0. The lowest BCUT2D eigenvalue weighted by molar-refractivity contribution is -0.361. The molecule has 164 valence electrons. The number of guanidine groups is 2. The first kappa shape index (κ1) is 23.9. The number of aliphatic imine (C=N–C) groups is 2. The van der Waals surface area contributed by atoms with Crippen molar-refractivity contribution in [2.24, 2.45) is 27.2 Å². The van der Waals surface area contributed by atoms with E-state index in [4.69, 9.17) is 17.2 Å². The van der Waals surface area contributed by atoms with Crippen LogP contribution >= 0.6 is 0 Å². The molecular weight excluding hydrogens is 436 g/mol. The second kappa shape index (κ2) is 7.70. The molecule has 0 amide bonds. The van der Waals surface area contributed by atoms with Crippen molar-refractivity contribution in [2.75, 3.05) is 0 Å². The first-order valence-electron chi connectivity index (χ1n) is 6.70. The lowest BCUT2D eigenvalue weighted by Crippen LogP contribution is -2.42. The third-order valence-corrected chi connectivity index (χ3v) is 2.55. The molecule has 0 unspecified atom stereocenters. The number of hydrogen-bond donors (Lipinski definition) is 3. The molecular formula is C12H9F10N5O2. The molecule has 0 spiro atoms. The Balaban J connectivity index is 3.45. The highest BCUT2D eigenvalue weighted by Crippen LogP contribution is 2.43. The minimum Gasteiger partial charge on any atom is -0.426 e. The fraction of sp³-hybridized carbons (Fsp3) is 0.333. The summed E-state index contributed by atoms with van der Waals surface area (Å²) in [6, 6.07) is 0.455. The smallest absolute Gasteiger partial charge is 0.426 e.